The quantitative estimate of drug-likeness (QED) is 0.644. The molecule has 0 aromatic carbocycles. The van der Waals surface area contributed by atoms with Crippen LogP contribution in [0.5, 0.6) is 0 Å². The summed E-state index contributed by atoms with van der Waals surface area (Å²) in [6, 6.07) is -0.0933. The van der Waals surface area contributed by atoms with Gasteiger partial charge in [0.1, 0.15) is 12.1 Å². The lowest BCUT2D eigenvalue weighted by Gasteiger charge is -2.57. The zero-order valence-corrected chi connectivity index (χ0v) is 15.0. The number of carbonyl (C=O) groups is 2. The minimum absolute atomic E-state index is 0.0786. The summed E-state index contributed by atoms with van der Waals surface area (Å²) < 4.78 is 6.03. The van der Waals surface area contributed by atoms with E-state index in [9.17, 15) is 9.59 Å². The number of aromatic nitrogens is 1. The van der Waals surface area contributed by atoms with E-state index < -0.39 is 0 Å². The number of ether oxygens (including phenoxy) is 1. The predicted octanol–water partition coefficient (Wildman–Crippen LogP) is -0.136. The van der Waals surface area contributed by atoms with Gasteiger partial charge in [-0.3, -0.25) is 9.59 Å². The van der Waals surface area contributed by atoms with Crippen LogP contribution in [0.2, 0.25) is 0 Å². The van der Waals surface area contributed by atoms with Gasteiger partial charge < -0.3 is 19.9 Å². The van der Waals surface area contributed by atoms with Crippen molar-refractivity contribution in [3.63, 3.8) is 0 Å². The Kier molecular flexibility index (Phi) is 2.29. The minimum atomic E-state index is -0.309. The molecular formula is C19H18N3O3S+. The second-order valence-corrected chi connectivity index (χ2v) is 9.44. The van der Waals surface area contributed by atoms with E-state index in [2.05, 4.69) is 10.3 Å². The molecule has 2 aliphatic carbocycles. The molecule has 2 unspecified atom stereocenters. The first-order chi connectivity index (χ1) is 12.6. The molecule has 1 spiro atoms. The van der Waals surface area contributed by atoms with Gasteiger partial charge in [-0.2, -0.15) is 0 Å². The fourth-order valence-corrected chi connectivity index (χ4v) is 8.14. The number of hydrogen-bond acceptors (Lipinski definition) is 5. The van der Waals surface area contributed by atoms with Crippen LogP contribution in [0.1, 0.15) is 34.1 Å². The molecule has 6 aliphatic rings. The van der Waals surface area contributed by atoms with Gasteiger partial charge in [-0.25, -0.2) is 0 Å². The van der Waals surface area contributed by atoms with Crippen LogP contribution in [-0.2, 0) is 16.0 Å². The molecule has 0 radical (unpaired) electrons. The number of hydrogen-bond donors (Lipinski definition) is 3. The molecule has 6 nitrogen and oxygen atoms in total. The average molecular weight is 368 g/mol. The molecule has 0 amide bonds. The predicted molar refractivity (Wildman–Crippen MR) is 93.7 cm³/mol. The van der Waals surface area contributed by atoms with Crippen molar-refractivity contribution in [1.82, 2.24) is 10.3 Å². The summed E-state index contributed by atoms with van der Waals surface area (Å²) in [6.07, 6.45) is 5.47. The van der Waals surface area contributed by atoms with Crippen molar-refractivity contribution in [2.24, 2.45) is 5.41 Å². The zero-order chi connectivity index (χ0) is 17.4. The molecule has 4 aliphatic heterocycles. The molecule has 26 heavy (non-hydrogen) atoms. The molecular weight excluding hydrogens is 350 g/mol. The lowest BCUT2D eigenvalue weighted by molar-refractivity contribution is -0.953. The van der Waals surface area contributed by atoms with Crippen LogP contribution in [0.25, 0.3) is 0 Å². The Bertz CT molecular complexity index is 1010. The first kappa shape index (κ1) is 14.3. The van der Waals surface area contributed by atoms with Crippen molar-refractivity contribution in [1.29, 1.82) is 0 Å². The standard InChI is InChI=1S/C19H17N3O3S/c1-25-18-15-8(23)4-9-19(18)5-10(26-9)21-14-12(19)16-11-7(2-3-22(15)16)6-20-13(11)17(14)24/h4,6,10,15-16,18,20-21H,2-3,5H2,1H3/p+1/t10-,15+,16?,18-,19-/m1/s1. The summed E-state index contributed by atoms with van der Waals surface area (Å²) in [4.78, 5) is 32.0. The number of allylic oxidation sites excluding steroid dienone is 1. The number of piperidine rings is 1. The lowest BCUT2D eigenvalue weighted by atomic mass is 9.56. The van der Waals surface area contributed by atoms with Crippen molar-refractivity contribution >= 4 is 23.3 Å². The van der Waals surface area contributed by atoms with Crippen LogP contribution in [0, 0.1) is 5.41 Å². The summed E-state index contributed by atoms with van der Waals surface area (Å²) in [6.45, 7) is 0.895. The number of H-pyrrole nitrogens is 1. The third kappa shape index (κ3) is 1.25. The molecule has 5 heterocycles. The molecule has 0 saturated carbocycles. The Labute approximate surface area is 154 Å². The minimum Gasteiger partial charge on any atom is -0.373 e. The van der Waals surface area contributed by atoms with Gasteiger partial charge in [-0.05, 0) is 18.1 Å². The van der Waals surface area contributed by atoms with Gasteiger partial charge in [0.05, 0.1) is 28.7 Å². The first-order valence-electron chi connectivity index (χ1n) is 9.22. The Morgan fingerprint density at radius 1 is 1.38 bits per heavy atom. The van der Waals surface area contributed by atoms with Crippen molar-refractivity contribution in [2.75, 3.05) is 13.7 Å². The van der Waals surface area contributed by atoms with Crippen LogP contribution >= 0.6 is 11.8 Å². The van der Waals surface area contributed by atoms with Crippen LogP contribution in [0.15, 0.2) is 28.4 Å². The molecule has 3 N–H and O–H groups in total. The number of thioether (sulfide) groups is 1. The largest absolute Gasteiger partial charge is 0.373 e. The van der Waals surface area contributed by atoms with Gasteiger partial charge in [0, 0.05) is 35.8 Å². The van der Waals surface area contributed by atoms with Gasteiger partial charge in [0.2, 0.25) is 11.6 Å². The number of fused-ring (bicyclic) bond motifs is 3. The van der Waals surface area contributed by atoms with Gasteiger partial charge in [-0.1, -0.05) is 0 Å². The average Bonchev–Trinajstić information content (AvgIpc) is 3.18. The lowest BCUT2D eigenvalue weighted by Crippen LogP contribution is -3.21. The molecule has 132 valence electrons. The molecule has 3 bridgehead atoms. The number of carbonyl (C=O) groups excluding carboxylic acids is 2. The summed E-state index contributed by atoms with van der Waals surface area (Å²) in [7, 11) is 1.73. The third-order valence-electron chi connectivity index (χ3n) is 7.38. The molecule has 6 atom stereocenters. The highest BCUT2D eigenvalue weighted by molar-refractivity contribution is 8.04. The van der Waals surface area contributed by atoms with E-state index in [1.165, 1.54) is 16.0 Å². The smallest absolute Gasteiger partial charge is 0.225 e. The molecule has 7 heteroatoms. The molecule has 2 saturated heterocycles. The maximum atomic E-state index is 13.3. The summed E-state index contributed by atoms with van der Waals surface area (Å²) >= 11 is 1.71. The fraction of sp³-hybridized carbons (Fsp3) is 0.474. The maximum absolute atomic E-state index is 13.3. The van der Waals surface area contributed by atoms with E-state index in [1.807, 2.05) is 12.3 Å². The number of ketones is 2. The van der Waals surface area contributed by atoms with Crippen molar-refractivity contribution < 1.29 is 19.2 Å². The number of rotatable bonds is 1. The van der Waals surface area contributed by atoms with Crippen LogP contribution in [0.3, 0.4) is 0 Å². The highest BCUT2D eigenvalue weighted by atomic mass is 32.2. The van der Waals surface area contributed by atoms with E-state index in [-0.39, 0.29) is 40.5 Å². The Morgan fingerprint density at radius 3 is 3.12 bits per heavy atom. The van der Waals surface area contributed by atoms with Crippen LogP contribution < -0.4 is 10.2 Å². The highest BCUT2D eigenvalue weighted by Crippen LogP contribution is 2.66. The van der Waals surface area contributed by atoms with Crippen LogP contribution in [-0.4, -0.2) is 47.7 Å². The van der Waals surface area contributed by atoms with Crippen molar-refractivity contribution in [2.45, 2.75) is 36.4 Å². The summed E-state index contributed by atoms with van der Waals surface area (Å²) in [5.41, 5.74) is 4.75. The fourth-order valence-electron chi connectivity index (χ4n) is 6.61. The van der Waals surface area contributed by atoms with Gasteiger partial charge in [0.25, 0.3) is 0 Å². The molecule has 1 aromatic rings. The molecule has 7 rings (SSSR count). The third-order valence-corrected chi connectivity index (χ3v) is 8.69. The van der Waals surface area contributed by atoms with Gasteiger partial charge >= 0.3 is 0 Å². The van der Waals surface area contributed by atoms with E-state index in [0.29, 0.717) is 0 Å². The molecule has 2 fully saturated rings. The Hall–Kier alpha value is -1.83. The summed E-state index contributed by atoms with van der Waals surface area (Å²) in [5.74, 6) is 0.264. The second kappa shape index (κ2) is 4.18. The van der Waals surface area contributed by atoms with E-state index in [4.69, 9.17) is 4.74 Å². The van der Waals surface area contributed by atoms with Gasteiger partial charge in [-0.15, -0.1) is 11.8 Å². The van der Waals surface area contributed by atoms with Crippen molar-refractivity contribution in [3.05, 3.63) is 45.3 Å². The molecule has 1 aromatic heterocycles. The Balaban J connectivity index is 1.64. The number of Topliss-reactive ketones (excluding diaryl/α,β-unsaturated/α-hetero) is 1. The van der Waals surface area contributed by atoms with E-state index in [0.717, 1.165) is 41.2 Å². The normalized spacial score (nSPS) is 43.4. The number of nitrogens with one attached hydrogen (secondary N) is 3. The van der Waals surface area contributed by atoms with Gasteiger partial charge in [0.15, 0.2) is 6.04 Å². The van der Waals surface area contributed by atoms with Crippen molar-refractivity contribution in [3.8, 4) is 0 Å². The van der Waals surface area contributed by atoms with E-state index >= 15 is 0 Å². The summed E-state index contributed by atoms with van der Waals surface area (Å²) in [5, 5.41) is 3.64. The maximum Gasteiger partial charge on any atom is 0.225 e. The topological polar surface area (TPSA) is 75.6 Å². The van der Waals surface area contributed by atoms with E-state index in [1.54, 1.807) is 18.9 Å². The highest BCUT2D eigenvalue weighted by Gasteiger charge is 2.71. The Morgan fingerprint density at radius 2 is 2.27 bits per heavy atom. The number of aromatic amines is 1. The van der Waals surface area contributed by atoms with Crippen LogP contribution in [0.4, 0.5) is 0 Å². The zero-order valence-electron chi connectivity index (χ0n) is 14.2. The second-order valence-electron chi connectivity index (χ2n) is 8.20. The SMILES string of the molecule is CO[C@@H]1[C@@H]2C(=O)C=C3S[C@@H]4C[C@]31C1=C(N4)C(=O)c3[nH]cc4c3C1[NH+]2CC4. The monoisotopic (exact) mass is 368 g/mol. The number of methoxy groups -OCH3 is 1. The number of quaternary nitrogens is 1. The first-order valence-corrected chi connectivity index (χ1v) is 10.1.